The third-order valence-electron chi connectivity index (χ3n) is 3.02. The van der Waals surface area contributed by atoms with Gasteiger partial charge in [0.05, 0.1) is 18.7 Å². The van der Waals surface area contributed by atoms with Crippen molar-refractivity contribution in [2.75, 3.05) is 7.11 Å². The second-order valence-electron chi connectivity index (χ2n) is 5.25. The molecule has 7 nitrogen and oxygen atoms in total. The molecule has 1 aliphatic heterocycles. The molecule has 0 bridgehead atoms. The van der Waals surface area contributed by atoms with Crippen LogP contribution >= 0.6 is 0 Å². The number of carbonyl (C=O) groups is 2. The quantitative estimate of drug-likeness (QED) is 0.511. The van der Waals surface area contributed by atoms with Crippen molar-refractivity contribution in [3.05, 3.63) is 46.9 Å². The molecular formula is C16H16N2O5. The van der Waals surface area contributed by atoms with Gasteiger partial charge in [-0.15, -0.1) is 0 Å². The average Bonchev–Trinajstić information content (AvgIpc) is 2.79. The minimum atomic E-state index is -1.14. The lowest BCUT2D eigenvalue weighted by Crippen LogP contribution is -2.27. The maximum atomic E-state index is 12.2. The molecule has 23 heavy (non-hydrogen) atoms. The Hall–Kier alpha value is -3.01. The van der Waals surface area contributed by atoms with E-state index in [1.165, 1.54) is 7.11 Å². The van der Waals surface area contributed by atoms with Crippen LogP contribution in [0, 0.1) is 11.3 Å². The lowest BCUT2D eigenvalue weighted by Gasteiger charge is -2.14. The van der Waals surface area contributed by atoms with Crippen molar-refractivity contribution in [2.45, 2.75) is 26.2 Å². The highest BCUT2D eigenvalue weighted by atomic mass is 16.8. The molecule has 1 aromatic rings. The van der Waals surface area contributed by atoms with Crippen LogP contribution in [0.5, 0.6) is 0 Å². The number of carbonyl (C=O) groups excluding carboxylic acids is 2. The zero-order valence-electron chi connectivity index (χ0n) is 13.0. The van der Waals surface area contributed by atoms with Crippen molar-refractivity contribution in [1.82, 2.24) is 5.32 Å². The summed E-state index contributed by atoms with van der Waals surface area (Å²) in [6, 6.07) is 8.76. The molecule has 0 aromatic heterocycles. The molecule has 0 radical (unpaired) electrons. The molecule has 0 spiro atoms. The average molecular weight is 316 g/mol. The fourth-order valence-corrected chi connectivity index (χ4v) is 1.97. The number of ether oxygens (including phenoxy) is 3. The van der Waals surface area contributed by atoms with E-state index in [9.17, 15) is 9.59 Å². The summed E-state index contributed by atoms with van der Waals surface area (Å²) in [6.45, 7) is 3.32. The number of benzene rings is 1. The van der Waals surface area contributed by atoms with Gasteiger partial charge >= 0.3 is 5.97 Å². The SMILES string of the molecule is COC(C(=O)NCc1ccc(C#N)cc1)=C1OC(C)(C)OC1=O. The minimum absolute atomic E-state index is 0.211. The molecule has 2 rings (SSSR count). The van der Waals surface area contributed by atoms with Gasteiger partial charge in [-0.25, -0.2) is 4.79 Å². The number of nitriles is 1. The van der Waals surface area contributed by atoms with Crippen molar-refractivity contribution in [3.8, 4) is 6.07 Å². The van der Waals surface area contributed by atoms with Crippen molar-refractivity contribution >= 4 is 11.9 Å². The number of hydrogen-bond donors (Lipinski definition) is 1. The number of nitrogens with zero attached hydrogens (tertiary/aromatic N) is 1. The molecule has 0 atom stereocenters. The number of amides is 1. The van der Waals surface area contributed by atoms with Crippen LogP contribution < -0.4 is 5.32 Å². The Morgan fingerprint density at radius 3 is 2.43 bits per heavy atom. The summed E-state index contributed by atoms with van der Waals surface area (Å²) in [5.41, 5.74) is 1.33. The lowest BCUT2D eigenvalue weighted by molar-refractivity contribution is -0.159. The second kappa shape index (κ2) is 6.40. The first-order valence-electron chi connectivity index (χ1n) is 6.84. The third kappa shape index (κ3) is 3.80. The Labute approximate surface area is 133 Å². The van der Waals surface area contributed by atoms with Crippen LogP contribution in [0.25, 0.3) is 0 Å². The predicted octanol–water partition coefficient (Wildman–Crippen LogP) is 1.34. The summed E-state index contributed by atoms with van der Waals surface area (Å²) in [6.07, 6.45) is 0. The summed E-state index contributed by atoms with van der Waals surface area (Å²) in [4.78, 5) is 23.9. The van der Waals surface area contributed by atoms with Crippen LogP contribution in [0.1, 0.15) is 25.0 Å². The van der Waals surface area contributed by atoms with Gasteiger partial charge in [0, 0.05) is 20.4 Å². The Morgan fingerprint density at radius 1 is 1.30 bits per heavy atom. The molecule has 1 saturated heterocycles. The molecule has 7 heteroatoms. The van der Waals surface area contributed by atoms with Crippen LogP contribution in [0.3, 0.4) is 0 Å². The first kappa shape index (κ1) is 16.4. The van der Waals surface area contributed by atoms with E-state index in [1.54, 1.807) is 38.1 Å². The lowest BCUT2D eigenvalue weighted by atomic mass is 10.1. The van der Waals surface area contributed by atoms with Crippen LogP contribution in [0.4, 0.5) is 0 Å². The molecular weight excluding hydrogens is 300 g/mol. The number of nitrogens with one attached hydrogen (secondary N) is 1. The molecule has 0 aliphatic carbocycles. The molecule has 1 aliphatic rings. The highest BCUT2D eigenvalue weighted by Crippen LogP contribution is 2.28. The smallest absolute Gasteiger partial charge is 0.381 e. The summed E-state index contributed by atoms with van der Waals surface area (Å²) in [5, 5.41) is 11.4. The molecule has 1 amide bonds. The standard InChI is InChI=1S/C16H16N2O5/c1-16(2)22-13(15(20)23-16)12(21-3)14(19)18-9-11-6-4-10(8-17)5-7-11/h4-7H,9H2,1-3H3,(H,18,19). The number of esters is 1. The zero-order valence-corrected chi connectivity index (χ0v) is 13.0. The largest absolute Gasteiger partial charge is 0.488 e. The highest BCUT2D eigenvalue weighted by molar-refractivity contribution is 6.00. The van der Waals surface area contributed by atoms with E-state index >= 15 is 0 Å². The van der Waals surface area contributed by atoms with Crippen molar-refractivity contribution < 1.29 is 23.8 Å². The Kier molecular flexibility index (Phi) is 4.55. The van der Waals surface area contributed by atoms with E-state index in [0.29, 0.717) is 5.56 Å². The minimum Gasteiger partial charge on any atom is -0.488 e. The molecule has 1 heterocycles. The van der Waals surface area contributed by atoms with Gasteiger partial charge in [0.1, 0.15) is 0 Å². The van der Waals surface area contributed by atoms with E-state index < -0.39 is 17.7 Å². The number of hydrogen-bond acceptors (Lipinski definition) is 6. The van der Waals surface area contributed by atoms with E-state index in [-0.39, 0.29) is 18.1 Å². The molecule has 1 fully saturated rings. The van der Waals surface area contributed by atoms with Gasteiger partial charge in [0.25, 0.3) is 11.7 Å². The fourth-order valence-electron chi connectivity index (χ4n) is 1.97. The monoisotopic (exact) mass is 316 g/mol. The second-order valence-corrected chi connectivity index (χ2v) is 5.25. The molecule has 0 saturated carbocycles. The molecule has 1 N–H and O–H groups in total. The van der Waals surface area contributed by atoms with E-state index in [4.69, 9.17) is 19.5 Å². The summed E-state index contributed by atoms with van der Waals surface area (Å²) in [5.74, 6) is -2.98. The van der Waals surface area contributed by atoms with Crippen LogP contribution in [0.2, 0.25) is 0 Å². The third-order valence-corrected chi connectivity index (χ3v) is 3.02. The van der Waals surface area contributed by atoms with Gasteiger partial charge in [-0.2, -0.15) is 5.26 Å². The normalized spacial score (nSPS) is 17.6. The van der Waals surface area contributed by atoms with Gasteiger partial charge in [0.15, 0.2) is 0 Å². The maximum Gasteiger partial charge on any atom is 0.381 e. The van der Waals surface area contributed by atoms with Crippen molar-refractivity contribution in [1.29, 1.82) is 5.26 Å². The van der Waals surface area contributed by atoms with Gasteiger partial charge in [-0.1, -0.05) is 12.1 Å². The van der Waals surface area contributed by atoms with Gasteiger partial charge in [-0.3, -0.25) is 4.79 Å². The zero-order chi connectivity index (χ0) is 17.0. The van der Waals surface area contributed by atoms with Crippen LogP contribution in [-0.4, -0.2) is 24.8 Å². The van der Waals surface area contributed by atoms with Gasteiger partial charge in [0.2, 0.25) is 11.5 Å². The Morgan fingerprint density at radius 2 is 1.96 bits per heavy atom. The maximum absolute atomic E-state index is 12.2. The van der Waals surface area contributed by atoms with Crippen LogP contribution in [-0.2, 0) is 30.3 Å². The molecule has 1 aromatic carbocycles. The number of methoxy groups -OCH3 is 1. The summed E-state index contributed by atoms with van der Waals surface area (Å²) in [7, 11) is 1.27. The number of rotatable bonds is 4. The topological polar surface area (TPSA) is 97.7 Å². The van der Waals surface area contributed by atoms with E-state index in [2.05, 4.69) is 5.32 Å². The van der Waals surface area contributed by atoms with Crippen molar-refractivity contribution in [3.63, 3.8) is 0 Å². The first-order valence-corrected chi connectivity index (χ1v) is 6.84. The number of cyclic esters (lactones) is 1. The van der Waals surface area contributed by atoms with E-state index in [1.807, 2.05) is 6.07 Å². The van der Waals surface area contributed by atoms with Gasteiger partial charge in [-0.05, 0) is 17.7 Å². The van der Waals surface area contributed by atoms with Crippen LogP contribution in [0.15, 0.2) is 35.8 Å². The molecule has 120 valence electrons. The van der Waals surface area contributed by atoms with Crippen molar-refractivity contribution in [2.24, 2.45) is 0 Å². The predicted molar refractivity (Wildman–Crippen MR) is 78.3 cm³/mol. The molecule has 0 unspecified atom stereocenters. The Balaban J connectivity index is 2.09. The summed E-state index contributed by atoms with van der Waals surface area (Å²) < 4.78 is 15.3. The fraction of sp³-hybridized carbons (Fsp3) is 0.312. The first-order chi connectivity index (χ1) is 10.9. The van der Waals surface area contributed by atoms with E-state index in [0.717, 1.165) is 5.56 Å². The van der Waals surface area contributed by atoms with Gasteiger partial charge < -0.3 is 19.5 Å². The highest BCUT2D eigenvalue weighted by Gasteiger charge is 2.41. The summed E-state index contributed by atoms with van der Waals surface area (Å²) >= 11 is 0. The Bertz CT molecular complexity index is 698.